The van der Waals surface area contributed by atoms with Crippen LogP contribution in [0.25, 0.3) is 0 Å². The maximum atomic E-state index is 13.9. The summed E-state index contributed by atoms with van der Waals surface area (Å²) < 4.78 is 0.845. The van der Waals surface area contributed by atoms with E-state index < -0.39 is 29.4 Å². The van der Waals surface area contributed by atoms with Crippen LogP contribution >= 0.6 is 15.9 Å². The van der Waals surface area contributed by atoms with Gasteiger partial charge in [0, 0.05) is 21.6 Å². The fourth-order valence-corrected chi connectivity index (χ4v) is 4.67. The highest BCUT2D eigenvalue weighted by Gasteiger charge is 2.36. The number of fused-ring (bicyclic) bond motifs is 1. The molecule has 41 heavy (non-hydrogen) atoms. The van der Waals surface area contributed by atoms with Crippen molar-refractivity contribution in [3.8, 4) is 0 Å². The number of hydrogen-bond acceptors (Lipinski definition) is 6. The number of amides is 3. The van der Waals surface area contributed by atoms with Crippen LogP contribution in [-0.2, 0) is 25.6 Å². The molecular formula is C31H32BrN5O4. The average molecular weight is 619 g/mol. The minimum Gasteiger partial charge on any atom is -0.344 e. The van der Waals surface area contributed by atoms with E-state index in [9.17, 15) is 19.2 Å². The summed E-state index contributed by atoms with van der Waals surface area (Å²) in [7, 11) is 0. The number of carbonyl (C=O) groups is 4. The summed E-state index contributed by atoms with van der Waals surface area (Å²) in [6.45, 7) is 6.70. The third kappa shape index (κ3) is 7.32. The smallest absolute Gasteiger partial charge is 0.272 e. The molecule has 9 nitrogen and oxygen atoms in total. The van der Waals surface area contributed by atoms with Gasteiger partial charge >= 0.3 is 0 Å². The minimum absolute atomic E-state index is 0.0827. The molecule has 1 aliphatic heterocycles. The number of ketones is 1. The van der Waals surface area contributed by atoms with Gasteiger partial charge in [-0.3, -0.25) is 24.2 Å². The van der Waals surface area contributed by atoms with Gasteiger partial charge in [0.05, 0.1) is 30.1 Å². The van der Waals surface area contributed by atoms with Gasteiger partial charge in [-0.05, 0) is 42.8 Å². The van der Waals surface area contributed by atoms with Crippen molar-refractivity contribution in [2.45, 2.75) is 46.3 Å². The average Bonchev–Trinajstić information content (AvgIpc) is 3.03. The second kappa shape index (κ2) is 12.6. The quantitative estimate of drug-likeness (QED) is 0.398. The number of aliphatic imine (C=N–C) groups is 1. The van der Waals surface area contributed by atoms with Crippen molar-refractivity contribution in [1.82, 2.24) is 15.6 Å². The lowest BCUT2D eigenvalue weighted by Crippen LogP contribution is -2.54. The standard InChI is InChI=1S/C31H32BrN5O4/c1-19(34-26(39)17-20-10-9-11-21(32)16-20)29(40)36-28-30(41)37(18-25(38)31(2,3)4)24-14-6-5-12-22(24)27(35-28)23-13-7-8-15-33-23/h5-16,19,28H,17-18H2,1-4H3,(H,34,39)(H,36,40)/t19-,28?/m0/s1. The van der Waals surface area contributed by atoms with Crippen molar-refractivity contribution in [2.24, 2.45) is 10.4 Å². The van der Waals surface area contributed by atoms with Gasteiger partial charge in [-0.2, -0.15) is 0 Å². The summed E-state index contributed by atoms with van der Waals surface area (Å²) in [6, 6.07) is 18.9. The van der Waals surface area contributed by atoms with E-state index in [1.54, 1.807) is 63.4 Å². The number of benzene rings is 2. The van der Waals surface area contributed by atoms with Crippen LogP contribution in [0, 0.1) is 5.41 Å². The highest BCUT2D eigenvalue weighted by molar-refractivity contribution is 9.10. The number of benzodiazepines with no additional fused rings is 1. The zero-order chi connectivity index (χ0) is 29.7. The molecule has 0 saturated heterocycles. The highest BCUT2D eigenvalue weighted by atomic mass is 79.9. The maximum Gasteiger partial charge on any atom is 0.272 e. The van der Waals surface area contributed by atoms with E-state index in [0.29, 0.717) is 22.7 Å². The van der Waals surface area contributed by atoms with Crippen LogP contribution in [0.4, 0.5) is 5.69 Å². The lowest BCUT2D eigenvalue weighted by molar-refractivity contribution is -0.131. The summed E-state index contributed by atoms with van der Waals surface area (Å²) in [4.78, 5) is 63.4. The van der Waals surface area contributed by atoms with Gasteiger partial charge < -0.3 is 15.5 Å². The SMILES string of the molecule is C[C@H](NC(=O)Cc1cccc(Br)c1)C(=O)NC1N=C(c2ccccn2)c2ccccc2N(CC(=O)C(C)(C)C)C1=O. The first-order valence-electron chi connectivity index (χ1n) is 13.2. The molecule has 2 heterocycles. The van der Waals surface area contributed by atoms with E-state index in [0.717, 1.165) is 10.0 Å². The number of para-hydroxylation sites is 1. The first-order chi connectivity index (χ1) is 19.4. The molecule has 3 amide bonds. The molecule has 0 bridgehead atoms. The number of carbonyl (C=O) groups excluding carboxylic acids is 4. The van der Waals surface area contributed by atoms with E-state index in [-0.39, 0.29) is 24.7 Å². The van der Waals surface area contributed by atoms with Crippen LogP contribution in [0.3, 0.4) is 0 Å². The normalized spacial score (nSPS) is 15.7. The molecule has 0 spiro atoms. The summed E-state index contributed by atoms with van der Waals surface area (Å²) in [6.07, 6.45) is 0.341. The molecule has 10 heteroatoms. The van der Waals surface area contributed by atoms with Crippen molar-refractivity contribution in [3.05, 3.63) is 94.2 Å². The molecule has 0 radical (unpaired) electrons. The summed E-state index contributed by atoms with van der Waals surface area (Å²) in [5.41, 5.74) is 2.09. The first kappa shape index (κ1) is 29.8. The largest absolute Gasteiger partial charge is 0.344 e. The predicted octanol–water partition coefficient (Wildman–Crippen LogP) is 3.83. The zero-order valence-electron chi connectivity index (χ0n) is 23.3. The number of anilines is 1. The van der Waals surface area contributed by atoms with Crippen molar-refractivity contribution in [2.75, 3.05) is 11.4 Å². The Morgan fingerprint density at radius 1 is 1.02 bits per heavy atom. The fraction of sp³-hybridized carbons (Fsp3) is 0.290. The molecule has 1 unspecified atom stereocenters. The lowest BCUT2D eigenvalue weighted by Gasteiger charge is -2.28. The van der Waals surface area contributed by atoms with Crippen LogP contribution < -0.4 is 15.5 Å². The van der Waals surface area contributed by atoms with Gasteiger partial charge in [0.15, 0.2) is 5.78 Å². The Kier molecular flexibility index (Phi) is 9.12. The Morgan fingerprint density at radius 3 is 2.44 bits per heavy atom. The Hall–Kier alpha value is -4.18. The molecule has 3 aromatic rings. The monoisotopic (exact) mass is 617 g/mol. The number of pyridine rings is 1. The van der Waals surface area contributed by atoms with Crippen molar-refractivity contribution >= 4 is 50.8 Å². The Labute approximate surface area is 247 Å². The highest BCUT2D eigenvalue weighted by Crippen LogP contribution is 2.29. The number of hydrogen-bond donors (Lipinski definition) is 2. The van der Waals surface area contributed by atoms with E-state index in [4.69, 9.17) is 0 Å². The van der Waals surface area contributed by atoms with Gasteiger partial charge in [0.2, 0.25) is 18.0 Å². The van der Waals surface area contributed by atoms with Gasteiger partial charge in [0.25, 0.3) is 5.91 Å². The van der Waals surface area contributed by atoms with Gasteiger partial charge in [-0.1, -0.05) is 73.1 Å². The van der Waals surface area contributed by atoms with Gasteiger partial charge in [-0.15, -0.1) is 0 Å². The third-order valence-electron chi connectivity index (χ3n) is 6.56. The number of rotatable bonds is 8. The number of halogens is 1. The number of Topliss-reactive ketones (excluding diaryl/α,β-unsaturated/α-hetero) is 1. The molecule has 2 N–H and O–H groups in total. The molecule has 0 fully saturated rings. The topological polar surface area (TPSA) is 121 Å². The molecule has 1 aromatic heterocycles. The van der Waals surface area contributed by atoms with E-state index in [1.165, 1.54) is 11.8 Å². The molecule has 0 aliphatic carbocycles. The molecule has 2 atom stereocenters. The third-order valence-corrected chi connectivity index (χ3v) is 7.05. The van der Waals surface area contributed by atoms with Crippen molar-refractivity contribution < 1.29 is 19.2 Å². The molecule has 2 aromatic carbocycles. The number of nitrogens with zero attached hydrogens (tertiary/aromatic N) is 3. The van der Waals surface area contributed by atoms with E-state index in [1.807, 2.05) is 30.3 Å². The molecule has 4 rings (SSSR count). The van der Waals surface area contributed by atoms with Crippen molar-refractivity contribution in [1.29, 1.82) is 0 Å². The van der Waals surface area contributed by atoms with E-state index in [2.05, 4.69) is 36.5 Å². The molecule has 1 aliphatic rings. The van der Waals surface area contributed by atoms with Gasteiger partial charge in [-0.25, -0.2) is 4.99 Å². The molecular weight excluding hydrogens is 586 g/mol. The van der Waals surface area contributed by atoms with Crippen LogP contribution in [0.15, 0.2) is 82.4 Å². The van der Waals surface area contributed by atoms with Crippen LogP contribution in [0.1, 0.15) is 44.5 Å². The Balaban J connectivity index is 1.63. The number of aromatic nitrogens is 1. The second-order valence-electron chi connectivity index (χ2n) is 10.8. The number of nitrogens with one attached hydrogen (secondary N) is 2. The molecule has 0 saturated carbocycles. The van der Waals surface area contributed by atoms with E-state index >= 15 is 0 Å². The first-order valence-corrected chi connectivity index (χ1v) is 14.0. The maximum absolute atomic E-state index is 13.9. The van der Waals surface area contributed by atoms with Gasteiger partial charge in [0.1, 0.15) is 6.04 Å². The van der Waals surface area contributed by atoms with Crippen LogP contribution in [-0.4, -0.2) is 53.0 Å². The van der Waals surface area contributed by atoms with Crippen molar-refractivity contribution in [3.63, 3.8) is 0 Å². The summed E-state index contributed by atoms with van der Waals surface area (Å²) >= 11 is 3.39. The molecule has 212 valence electrons. The minimum atomic E-state index is -1.36. The predicted molar refractivity (Wildman–Crippen MR) is 161 cm³/mol. The fourth-order valence-electron chi connectivity index (χ4n) is 4.22. The Morgan fingerprint density at radius 2 is 1.76 bits per heavy atom. The zero-order valence-corrected chi connectivity index (χ0v) is 24.9. The Bertz CT molecular complexity index is 1500. The summed E-state index contributed by atoms with van der Waals surface area (Å²) in [5, 5.41) is 5.37. The van der Waals surface area contributed by atoms with Crippen LogP contribution in [0.5, 0.6) is 0 Å². The van der Waals surface area contributed by atoms with Crippen LogP contribution in [0.2, 0.25) is 0 Å². The second-order valence-corrected chi connectivity index (χ2v) is 11.7. The lowest BCUT2D eigenvalue weighted by atomic mass is 9.90. The summed E-state index contributed by atoms with van der Waals surface area (Å²) in [5.74, 6) is -1.66.